The van der Waals surface area contributed by atoms with Gasteiger partial charge in [0.2, 0.25) is 0 Å². The van der Waals surface area contributed by atoms with Crippen molar-refractivity contribution in [2.24, 2.45) is 0 Å². The average molecular weight is 268 g/mol. The van der Waals surface area contributed by atoms with Gasteiger partial charge in [-0.1, -0.05) is 45.0 Å². The number of aldehydes is 1. The van der Waals surface area contributed by atoms with Gasteiger partial charge in [0.25, 0.3) is 0 Å². The van der Waals surface area contributed by atoms with Crippen LogP contribution in [0.25, 0.3) is 11.1 Å². The molecule has 0 saturated carbocycles. The number of benzene rings is 2. The molecule has 104 valence electrons. The summed E-state index contributed by atoms with van der Waals surface area (Å²) in [6.07, 6.45) is 0.843. The van der Waals surface area contributed by atoms with Crippen molar-refractivity contribution < 1.29 is 9.53 Å². The summed E-state index contributed by atoms with van der Waals surface area (Å²) in [4.78, 5) is 11.0. The number of hydrogen-bond donors (Lipinski definition) is 0. The minimum absolute atomic E-state index is 0.140. The lowest BCUT2D eigenvalue weighted by Gasteiger charge is -2.19. The first-order valence-electron chi connectivity index (χ1n) is 6.69. The Balaban J connectivity index is 2.43. The van der Waals surface area contributed by atoms with Gasteiger partial charge < -0.3 is 4.74 Å². The lowest BCUT2D eigenvalue weighted by Crippen LogP contribution is -2.10. The quantitative estimate of drug-likeness (QED) is 0.768. The highest BCUT2D eigenvalue weighted by atomic mass is 16.5. The molecule has 0 aliphatic carbocycles. The minimum atomic E-state index is 0.140. The Morgan fingerprint density at radius 1 is 0.950 bits per heavy atom. The van der Waals surface area contributed by atoms with Crippen LogP contribution in [0.2, 0.25) is 0 Å². The van der Waals surface area contributed by atoms with E-state index in [0.717, 1.165) is 17.4 Å². The van der Waals surface area contributed by atoms with Gasteiger partial charge >= 0.3 is 0 Å². The number of ether oxygens (including phenoxy) is 1. The normalized spacial score (nSPS) is 11.2. The van der Waals surface area contributed by atoms with Gasteiger partial charge in [-0.05, 0) is 40.3 Å². The smallest absolute Gasteiger partial charge is 0.150 e. The highest BCUT2D eigenvalue weighted by Gasteiger charge is 2.13. The molecule has 0 bridgehead atoms. The van der Waals surface area contributed by atoms with Gasteiger partial charge in [-0.25, -0.2) is 0 Å². The van der Waals surface area contributed by atoms with Crippen LogP contribution >= 0.6 is 0 Å². The van der Waals surface area contributed by atoms with Gasteiger partial charge in [0.05, 0.1) is 7.11 Å². The number of hydrogen-bond acceptors (Lipinski definition) is 2. The molecule has 2 aromatic carbocycles. The molecule has 0 atom stereocenters. The van der Waals surface area contributed by atoms with Gasteiger partial charge in [-0.2, -0.15) is 0 Å². The summed E-state index contributed by atoms with van der Waals surface area (Å²) in [5.41, 5.74) is 4.13. The Labute approximate surface area is 120 Å². The molecule has 0 fully saturated rings. The lowest BCUT2D eigenvalue weighted by molar-refractivity contribution is 0.112. The zero-order valence-electron chi connectivity index (χ0n) is 12.4. The molecule has 0 saturated heterocycles. The van der Waals surface area contributed by atoms with Crippen molar-refractivity contribution >= 4 is 6.29 Å². The van der Waals surface area contributed by atoms with Crippen LogP contribution < -0.4 is 4.74 Å². The Kier molecular flexibility index (Phi) is 3.93. The summed E-state index contributed by atoms with van der Waals surface area (Å²) in [5, 5.41) is 0. The molecule has 0 aromatic heterocycles. The second kappa shape index (κ2) is 5.49. The summed E-state index contributed by atoms with van der Waals surface area (Å²) in [6.45, 7) is 6.58. The molecule has 0 N–H and O–H groups in total. The summed E-state index contributed by atoms with van der Waals surface area (Å²) in [5.74, 6) is 0.699. The van der Waals surface area contributed by atoms with Crippen molar-refractivity contribution in [3.05, 3.63) is 53.6 Å². The fourth-order valence-corrected chi connectivity index (χ4v) is 2.14. The maximum Gasteiger partial charge on any atom is 0.150 e. The Bertz CT molecular complexity index is 604. The van der Waals surface area contributed by atoms with Crippen LogP contribution in [0, 0.1) is 0 Å². The van der Waals surface area contributed by atoms with Crippen LogP contribution in [0.5, 0.6) is 5.75 Å². The van der Waals surface area contributed by atoms with E-state index in [-0.39, 0.29) is 5.41 Å². The third-order valence-electron chi connectivity index (χ3n) is 3.38. The van der Waals surface area contributed by atoms with Crippen LogP contribution in [0.15, 0.2) is 42.5 Å². The number of carbonyl (C=O) groups excluding carboxylic acids is 1. The SMILES string of the molecule is COc1cc(C=O)cc(-c2ccc(C(C)(C)C)cc2)c1. The van der Waals surface area contributed by atoms with Crippen molar-refractivity contribution in [2.45, 2.75) is 26.2 Å². The van der Waals surface area contributed by atoms with Crippen LogP contribution in [0.4, 0.5) is 0 Å². The molecule has 2 aromatic rings. The Hall–Kier alpha value is -2.09. The molecule has 20 heavy (non-hydrogen) atoms. The maximum absolute atomic E-state index is 11.0. The Morgan fingerprint density at radius 3 is 2.10 bits per heavy atom. The molecular formula is C18H20O2. The van der Waals surface area contributed by atoms with E-state index in [9.17, 15) is 4.79 Å². The standard InChI is InChI=1S/C18H20O2/c1-18(2,3)16-7-5-14(6-8-16)15-9-13(12-19)10-17(11-15)20-4/h5-12H,1-4H3. The third kappa shape index (κ3) is 3.08. The van der Waals surface area contributed by atoms with Crippen LogP contribution in [-0.4, -0.2) is 13.4 Å². The molecular weight excluding hydrogens is 248 g/mol. The van der Waals surface area contributed by atoms with E-state index in [1.54, 1.807) is 13.2 Å². The van der Waals surface area contributed by atoms with Crippen LogP contribution in [0.1, 0.15) is 36.7 Å². The van der Waals surface area contributed by atoms with Gasteiger partial charge in [0, 0.05) is 5.56 Å². The first-order chi connectivity index (χ1) is 9.44. The molecule has 0 unspecified atom stereocenters. The number of methoxy groups -OCH3 is 1. The van der Waals surface area contributed by atoms with E-state index in [2.05, 4.69) is 45.0 Å². The van der Waals surface area contributed by atoms with E-state index < -0.39 is 0 Å². The highest BCUT2D eigenvalue weighted by Crippen LogP contribution is 2.28. The zero-order chi connectivity index (χ0) is 14.8. The predicted molar refractivity (Wildman–Crippen MR) is 82.5 cm³/mol. The van der Waals surface area contributed by atoms with Crippen LogP contribution in [-0.2, 0) is 5.41 Å². The summed E-state index contributed by atoms with van der Waals surface area (Å²) < 4.78 is 5.24. The average Bonchev–Trinajstić information content (AvgIpc) is 2.46. The van der Waals surface area contributed by atoms with Gasteiger partial charge in [-0.3, -0.25) is 4.79 Å². The molecule has 0 amide bonds. The Morgan fingerprint density at radius 2 is 1.60 bits per heavy atom. The second-order valence-corrected chi connectivity index (χ2v) is 5.94. The second-order valence-electron chi connectivity index (χ2n) is 5.94. The van der Waals surface area contributed by atoms with Crippen molar-refractivity contribution in [3.63, 3.8) is 0 Å². The van der Waals surface area contributed by atoms with E-state index in [1.807, 2.05) is 12.1 Å². The zero-order valence-corrected chi connectivity index (χ0v) is 12.4. The topological polar surface area (TPSA) is 26.3 Å². The van der Waals surface area contributed by atoms with Crippen molar-refractivity contribution in [1.82, 2.24) is 0 Å². The fraction of sp³-hybridized carbons (Fsp3) is 0.278. The number of carbonyl (C=O) groups is 1. The monoisotopic (exact) mass is 268 g/mol. The van der Waals surface area contributed by atoms with Crippen molar-refractivity contribution in [1.29, 1.82) is 0 Å². The lowest BCUT2D eigenvalue weighted by atomic mass is 9.86. The summed E-state index contributed by atoms with van der Waals surface area (Å²) in [6, 6.07) is 14.0. The van der Waals surface area contributed by atoms with Gasteiger partial charge in [0.15, 0.2) is 0 Å². The maximum atomic E-state index is 11.0. The highest BCUT2D eigenvalue weighted by molar-refractivity contribution is 5.80. The molecule has 0 aliphatic rings. The molecule has 0 aliphatic heterocycles. The third-order valence-corrected chi connectivity index (χ3v) is 3.38. The van der Waals surface area contributed by atoms with Gasteiger partial charge in [-0.15, -0.1) is 0 Å². The van der Waals surface area contributed by atoms with E-state index >= 15 is 0 Å². The molecule has 0 radical (unpaired) electrons. The van der Waals surface area contributed by atoms with E-state index in [4.69, 9.17) is 4.74 Å². The van der Waals surface area contributed by atoms with Gasteiger partial charge in [0.1, 0.15) is 12.0 Å². The van der Waals surface area contributed by atoms with Crippen molar-refractivity contribution in [2.75, 3.05) is 7.11 Å². The molecule has 2 nitrogen and oxygen atoms in total. The number of rotatable bonds is 3. The fourth-order valence-electron chi connectivity index (χ4n) is 2.14. The molecule has 0 heterocycles. The molecule has 0 spiro atoms. The van der Waals surface area contributed by atoms with Crippen molar-refractivity contribution in [3.8, 4) is 16.9 Å². The first kappa shape index (κ1) is 14.3. The largest absolute Gasteiger partial charge is 0.497 e. The van der Waals surface area contributed by atoms with E-state index in [1.165, 1.54) is 5.56 Å². The summed E-state index contributed by atoms with van der Waals surface area (Å²) >= 11 is 0. The minimum Gasteiger partial charge on any atom is -0.497 e. The predicted octanol–water partition coefficient (Wildman–Crippen LogP) is 4.47. The first-order valence-corrected chi connectivity index (χ1v) is 6.69. The molecule has 2 heteroatoms. The van der Waals surface area contributed by atoms with E-state index in [0.29, 0.717) is 11.3 Å². The summed E-state index contributed by atoms with van der Waals surface area (Å²) in [7, 11) is 1.61. The molecule has 2 rings (SSSR count). The van der Waals surface area contributed by atoms with Crippen LogP contribution in [0.3, 0.4) is 0 Å².